The quantitative estimate of drug-likeness (QED) is 0.925. The van der Waals surface area contributed by atoms with Crippen LogP contribution in [0.25, 0.3) is 0 Å². The number of carbonyl (C=O) groups excluding carboxylic acids is 1. The second-order valence-electron chi connectivity index (χ2n) is 4.71. The van der Waals surface area contributed by atoms with Crippen molar-refractivity contribution in [3.05, 3.63) is 46.8 Å². The third-order valence-electron chi connectivity index (χ3n) is 3.40. The molecule has 1 aromatic carbocycles. The van der Waals surface area contributed by atoms with Crippen LogP contribution in [0.1, 0.15) is 18.6 Å². The van der Waals surface area contributed by atoms with Gasteiger partial charge in [0.25, 0.3) is 0 Å². The van der Waals surface area contributed by atoms with Crippen molar-refractivity contribution in [2.75, 3.05) is 16.8 Å². The second-order valence-corrected chi connectivity index (χ2v) is 5.57. The van der Waals surface area contributed by atoms with Crippen LogP contribution in [0.3, 0.4) is 0 Å². The molecule has 4 nitrogen and oxygen atoms in total. The van der Waals surface area contributed by atoms with E-state index >= 15 is 0 Å². The van der Waals surface area contributed by atoms with Crippen LogP contribution >= 0.6 is 15.9 Å². The Kier molecular flexibility index (Phi) is 3.78. The zero-order valence-corrected chi connectivity index (χ0v) is 12.5. The maximum absolute atomic E-state index is 11.9. The van der Waals surface area contributed by atoms with Crippen molar-refractivity contribution in [2.24, 2.45) is 0 Å². The predicted octanol–water partition coefficient (Wildman–Crippen LogP) is 3.78. The molecule has 1 aliphatic heterocycles. The maximum Gasteiger partial charge on any atom is 0.227 e. The number of rotatable bonds is 4. The fourth-order valence-electron chi connectivity index (χ4n) is 2.39. The fourth-order valence-corrected chi connectivity index (χ4v) is 2.73. The Balaban J connectivity index is 1.79. The van der Waals surface area contributed by atoms with Crippen LogP contribution in [-0.2, 0) is 11.3 Å². The van der Waals surface area contributed by atoms with Gasteiger partial charge in [-0.2, -0.15) is 0 Å². The Hall–Kier alpha value is -1.75. The number of amides is 1. The monoisotopic (exact) mass is 334 g/mol. The lowest BCUT2D eigenvalue weighted by molar-refractivity contribution is -0.117. The number of hydrogen-bond donors (Lipinski definition) is 1. The molecule has 1 amide bonds. The molecule has 1 fully saturated rings. The highest BCUT2D eigenvalue weighted by Gasteiger charge is 2.23. The summed E-state index contributed by atoms with van der Waals surface area (Å²) in [5.41, 5.74) is 1.89. The van der Waals surface area contributed by atoms with E-state index in [1.54, 1.807) is 6.26 Å². The highest BCUT2D eigenvalue weighted by molar-refractivity contribution is 9.10. The number of hydrogen-bond acceptors (Lipinski definition) is 3. The summed E-state index contributed by atoms with van der Waals surface area (Å²) in [6.45, 7) is 1.37. The van der Waals surface area contributed by atoms with E-state index in [-0.39, 0.29) is 5.91 Å². The summed E-state index contributed by atoms with van der Waals surface area (Å²) in [5, 5.41) is 3.34. The van der Waals surface area contributed by atoms with Crippen molar-refractivity contribution >= 4 is 33.2 Å². The molecule has 20 heavy (non-hydrogen) atoms. The third-order valence-corrected chi connectivity index (χ3v) is 4.11. The Labute approximate surface area is 125 Å². The molecule has 1 aromatic heterocycles. The maximum atomic E-state index is 11.9. The van der Waals surface area contributed by atoms with E-state index in [0.717, 1.165) is 34.6 Å². The molecule has 2 heterocycles. The molecule has 0 radical (unpaired) electrons. The molecule has 5 heteroatoms. The van der Waals surface area contributed by atoms with Crippen molar-refractivity contribution in [1.29, 1.82) is 0 Å². The molecular formula is C15H15BrN2O2. The Morgan fingerprint density at radius 3 is 2.85 bits per heavy atom. The van der Waals surface area contributed by atoms with E-state index in [1.165, 1.54) is 0 Å². The molecule has 1 N–H and O–H groups in total. The molecule has 1 saturated heterocycles. The zero-order valence-electron chi connectivity index (χ0n) is 10.9. The van der Waals surface area contributed by atoms with Crippen LogP contribution in [0.2, 0.25) is 0 Å². The van der Waals surface area contributed by atoms with E-state index in [0.29, 0.717) is 13.0 Å². The van der Waals surface area contributed by atoms with Gasteiger partial charge in [0.15, 0.2) is 0 Å². The van der Waals surface area contributed by atoms with E-state index in [2.05, 4.69) is 21.2 Å². The number of anilines is 2. The van der Waals surface area contributed by atoms with Crippen LogP contribution in [0.5, 0.6) is 0 Å². The van der Waals surface area contributed by atoms with Gasteiger partial charge in [-0.3, -0.25) is 4.79 Å². The number of benzene rings is 1. The summed E-state index contributed by atoms with van der Waals surface area (Å²) in [6.07, 6.45) is 3.21. The van der Waals surface area contributed by atoms with Crippen molar-refractivity contribution in [2.45, 2.75) is 19.4 Å². The van der Waals surface area contributed by atoms with Crippen LogP contribution in [0, 0.1) is 0 Å². The molecule has 0 bridgehead atoms. The Bertz CT molecular complexity index is 624. The average molecular weight is 335 g/mol. The smallest absolute Gasteiger partial charge is 0.227 e. The van der Waals surface area contributed by atoms with E-state index in [1.807, 2.05) is 35.2 Å². The first kappa shape index (κ1) is 13.2. The first-order chi connectivity index (χ1) is 9.75. The van der Waals surface area contributed by atoms with Crippen molar-refractivity contribution in [3.8, 4) is 0 Å². The van der Waals surface area contributed by atoms with Gasteiger partial charge in [-0.15, -0.1) is 0 Å². The summed E-state index contributed by atoms with van der Waals surface area (Å²) < 4.78 is 6.33. The zero-order chi connectivity index (χ0) is 13.9. The number of para-hydroxylation sites is 2. The van der Waals surface area contributed by atoms with Gasteiger partial charge in [0.1, 0.15) is 5.76 Å². The van der Waals surface area contributed by atoms with Crippen molar-refractivity contribution in [3.63, 3.8) is 0 Å². The number of furan rings is 1. The lowest BCUT2D eigenvalue weighted by Crippen LogP contribution is -2.24. The minimum atomic E-state index is 0.193. The molecule has 104 valence electrons. The van der Waals surface area contributed by atoms with E-state index in [9.17, 15) is 4.79 Å². The van der Waals surface area contributed by atoms with Gasteiger partial charge in [-0.25, -0.2) is 0 Å². The normalized spacial score (nSPS) is 14.8. The van der Waals surface area contributed by atoms with Crippen LogP contribution in [0.15, 0.2) is 45.5 Å². The lowest BCUT2D eigenvalue weighted by Gasteiger charge is -2.20. The van der Waals surface area contributed by atoms with Crippen LogP contribution in [0.4, 0.5) is 11.4 Å². The van der Waals surface area contributed by atoms with Gasteiger partial charge in [0, 0.05) is 13.0 Å². The topological polar surface area (TPSA) is 45.5 Å². The van der Waals surface area contributed by atoms with Crippen molar-refractivity contribution in [1.82, 2.24) is 0 Å². The predicted molar refractivity (Wildman–Crippen MR) is 81.8 cm³/mol. The van der Waals surface area contributed by atoms with E-state index < -0.39 is 0 Å². The molecule has 0 spiro atoms. The number of carbonyl (C=O) groups is 1. The minimum Gasteiger partial charge on any atom is -0.466 e. The fraction of sp³-hybridized carbons (Fsp3) is 0.267. The van der Waals surface area contributed by atoms with Crippen LogP contribution < -0.4 is 10.2 Å². The standard InChI is InChI=1S/C15H15BrN2O2/c16-11-7-9-20-14(11)10-17-12-4-1-2-5-13(12)18-8-3-6-15(18)19/h1-2,4-5,7,9,17H,3,6,8,10H2. The molecule has 1 aliphatic rings. The SMILES string of the molecule is O=C1CCCN1c1ccccc1NCc1occc1Br. The minimum absolute atomic E-state index is 0.193. The summed E-state index contributed by atoms with van der Waals surface area (Å²) >= 11 is 3.44. The van der Waals surface area contributed by atoms with Gasteiger partial charge >= 0.3 is 0 Å². The van der Waals surface area contributed by atoms with Crippen molar-refractivity contribution < 1.29 is 9.21 Å². The van der Waals surface area contributed by atoms with Crippen LogP contribution in [-0.4, -0.2) is 12.5 Å². The van der Waals surface area contributed by atoms with Gasteiger partial charge in [0.05, 0.1) is 28.7 Å². The molecular weight excluding hydrogens is 320 g/mol. The lowest BCUT2D eigenvalue weighted by atomic mass is 10.2. The van der Waals surface area contributed by atoms with Gasteiger partial charge in [0.2, 0.25) is 5.91 Å². The number of halogens is 1. The average Bonchev–Trinajstić information content (AvgIpc) is 3.06. The number of nitrogens with one attached hydrogen (secondary N) is 1. The summed E-state index contributed by atoms with van der Waals surface area (Å²) in [6, 6.07) is 9.74. The number of nitrogens with zero attached hydrogens (tertiary/aromatic N) is 1. The molecule has 0 unspecified atom stereocenters. The van der Waals surface area contributed by atoms with Gasteiger partial charge in [-0.1, -0.05) is 12.1 Å². The third kappa shape index (κ3) is 2.58. The summed E-state index contributed by atoms with van der Waals surface area (Å²) in [4.78, 5) is 13.7. The summed E-state index contributed by atoms with van der Waals surface area (Å²) in [7, 11) is 0. The largest absolute Gasteiger partial charge is 0.466 e. The van der Waals surface area contributed by atoms with Gasteiger partial charge in [-0.05, 0) is 40.5 Å². The molecule has 0 atom stereocenters. The highest BCUT2D eigenvalue weighted by atomic mass is 79.9. The first-order valence-electron chi connectivity index (χ1n) is 6.61. The first-order valence-corrected chi connectivity index (χ1v) is 7.40. The molecule has 0 aliphatic carbocycles. The Morgan fingerprint density at radius 1 is 1.30 bits per heavy atom. The summed E-state index contributed by atoms with van der Waals surface area (Å²) in [5.74, 6) is 1.03. The highest BCUT2D eigenvalue weighted by Crippen LogP contribution is 2.30. The molecule has 3 rings (SSSR count). The second kappa shape index (κ2) is 5.71. The van der Waals surface area contributed by atoms with E-state index in [4.69, 9.17) is 4.42 Å². The molecule has 0 saturated carbocycles. The van der Waals surface area contributed by atoms with Gasteiger partial charge < -0.3 is 14.6 Å². The molecule has 2 aromatic rings. The Morgan fingerprint density at radius 2 is 2.15 bits per heavy atom.